The highest BCUT2D eigenvalue weighted by Gasteiger charge is 2.38. The van der Waals surface area contributed by atoms with Gasteiger partial charge in [0.25, 0.3) is 0 Å². The van der Waals surface area contributed by atoms with E-state index >= 15 is 0 Å². The Labute approximate surface area is 523 Å². The first-order valence-corrected chi connectivity index (χ1v) is 34.6. The number of carbonyl (C=O) groups is 6. The van der Waals surface area contributed by atoms with Crippen molar-refractivity contribution in [3.8, 4) is 0 Å². The van der Waals surface area contributed by atoms with Gasteiger partial charge in [-0.05, 0) is 123 Å². The fraction of sp³-hybridized carbons (Fsp3) is 0.857. The molecular weight excluding hydrogens is 1090 g/mol. The second-order valence-corrected chi connectivity index (χ2v) is 23.6. The van der Waals surface area contributed by atoms with Crippen molar-refractivity contribution in [2.45, 2.75) is 292 Å². The molecule has 0 fully saturated rings. The number of nitrogens with zero attached hydrogens (tertiary/aromatic N) is 1. The molecule has 0 radical (unpaired) electrons. The number of rotatable bonds is 62. The lowest BCUT2D eigenvalue weighted by atomic mass is 9.92. The summed E-state index contributed by atoms with van der Waals surface area (Å²) in [7, 11) is 1.97. The highest BCUT2D eigenvalue weighted by Crippen LogP contribution is 2.25. The molecule has 2 unspecified atom stereocenters. The summed E-state index contributed by atoms with van der Waals surface area (Å²) in [5.74, 6) is -1.95. The van der Waals surface area contributed by atoms with Crippen LogP contribution in [0.25, 0.3) is 0 Å². The van der Waals surface area contributed by atoms with E-state index < -0.39 is 49.0 Å². The maximum Gasteiger partial charge on any atom is 0.508 e. The summed E-state index contributed by atoms with van der Waals surface area (Å²) in [6, 6.07) is 0. The van der Waals surface area contributed by atoms with Crippen molar-refractivity contribution in [2.75, 3.05) is 79.6 Å². The summed E-state index contributed by atoms with van der Waals surface area (Å²) in [4.78, 5) is 81.8. The van der Waals surface area contributed by atoms with Gasteiger partial charge in [-0.15, -0.1) is 0 Å². The smallest absolute Gasteiger partial charge is 0.465 e. The third-order valence-electron chi connectivity index (χ3n) is 15.4. The van der Waals surface area contributed by atoms with E-state index in [0.717, 1.165) is 161 Å². The zero-order valence-electron chi connectivity index (χ0n) is 56.1. The molecule has 86 heavy (non-hydrogen) atoms. The Hall–Kier alpha value is -4.02. The molecule has 0 amide bonds. The molecule has 0 saturated carbocycles. The van der Waals surface area contributed by atoms with Crippen LogP contribution in [0.4, 0.5) is 4.79 Å². The molecule has 2 atom stereocenters. The van der Waals surface area contributed by atoms with Gasteiger partial charge in [0.15, 0.2) is 6.29 Å². The average Bonchev–Trinajstić information content (AvgIpc) is 3.70. The highest BCUT2D eigenvalue weighted by atomic mass is 16.7. The fourth-order valence-corrected chi connectivity index (χ4v) is 9.57. The lowest BCUT2D eigenvalue weighted by Gasteiger charge is -2.31. The largest absolute Gasteiger partial charge is 0.508 e. The number of hydrogen-bond donors (Lipinski definition) is 0. The minimum Gasteiger partial charge on any atom is -0.465 e. The zero-order chi connectivity index (χ0) is 63.4. The Morgan fingerprint density at radius 1 is 0.372 bits per heavy atom. The lowest BCUT2D eigenvalue weighted by molar-refractivity contribution is -0.170. The predicted octanol–water partition coefficient (Wildman–Crippen LogP) is 17.1. The lowest BCUT2D eigenvalue weighted by Crippen LogP contribution is -2.44. The first kappa shape index (κ1) is 82.0. The van der Waals surface area contributed by atoms with Gasteiger partial charge >= 0.3 is 36.0 Å². The standard InChI is InChI=1S/C70H127NO15/c1-9-16-22-26-30-38-52-78-66(79-53-39-31-27-23-17-10-2)50-49-65(74)85-59-70(60-86-69(77)82-56-42-51-71(8)15-7,57-83-63(72)47-36-28-32-40-54-80-67(75)61(43-20-13-5)45-34-24-18-11-3)58-84-64(73)48-37-29-33-41-55-81-68(76)62(44-21-14-6)46-35-25-19-12-4/h16-17,22-23,61-62,66H,9-15,18-21,24-60H2,1-8H3/b22-16-,23-17-. The van der Waals surface area contributed by atoms with Gasteiger partial charge in [0.05, 0.1) is 38.1 Å². The van der Waals surface area contributed by atoms with E-state index in [1.807, 2.05) is 14.0 Å². The normalized spacial score (nSPS) is 13.0. The number of allylic oxidation sites excluding steroid dienone is 4. The van der Waals surface area contributed by atoms with Crippen LogP contribution in [-0.2, 0) is 66.6 Å². The molecule has 0 spiro atoms. The van der Waals surface area contributed by atoms with E-state index in [2.05, 4.69) is 70.7 Å². The summed E-state index contributed by atoms with van der Waals surface area (Å²) in [6.07, 6.45) is 37.3. The van der Waals surface area contributed by atoms with Crippen LogP contribution in [0.2, 0.25) is 0 Å². The van der Waals surface area contributed by atoms with Gasteiger partial charge in [-0.25, -0.2) is 4.79 Å². The Balaban J connectivity index is 6.15. The Morgan fingerprint density at radius 2 is 0.767 bits per heavy atom. The molecule has 0 saturated heterocycles. The summed E-state index contributed by atoms with van der Waals surface area (Å²) in [5.41, 5.74) is -1.49. The maximum absolute atomic E-state index is 13.7. The third kappa shape index (κ3) is 49.9. The Morgan fingerprint density at radius 3 is 1.21 bits per heavy atom. The molecule has 502 valence electrons. The van der Waals surface area contributed by atoms with Gasteiger partial charge < -0.3 is 47.5 Å². The topological polar surface area (TPSA) is 189 Å². The average molecular weight is 1220 g/mol. The van der Waals surface area contributed by atoms with Crippen molar-refractivity contribution in [1.29, 1.82) is 0 Å². The van der Waals surface area contributed by atoms with Crippen molar-refractivity contribution in [3.63, 3.8) is 0 Å². The molecule has 0 bridgehead atoms. The molecule has 0 aliphatic rings. The van der Waals surface area contributed by atoms with Gasteiger partial charge in [0.1, 0.15) is 31.8 Å². The van der Waals surface area contributed by atoms with E-state index in [1.54, 1.807) is 0 Å². The first-order valence-electron chi connectivity index (χ1n) is 34.6. The third-order valence-corrected chi connectivity index (χ3v) is 15.4. The summed E-state index contributed by atoms with van der Waals surface area (Å²) >= 11 is 0. The molecule has 16 nitrogen and oxygen atoms in total. The maximum atomic E-state index is 13.7. The number of unbranched alkanes of at least 4 members (excludes halogenated alkanes) is 18. The molecule has 0 aromatic heterocycles. The highest BCUT2D eigenvalue weighted by molar-refractivity contribution is 5.73. The van der Waals surface area contributed by atoms with Crippen LogP contribution in [0.5, 0.6) is 0 Å². The molecule has 0 aromatic carbocycles. The van der Waals surface area contributed by atoms with Crippen LogP contribution in [0, 0.1) is 17.3 Å². The Bertz CT molecular complexity index is 1620. The minimum absolute atomic E-state index is 0.0523. The summed E-state index contributed by atoms with van der Waals surface area (Å²) < 4.78 is 52.5. The summed E-state index contributed by atoms with van der Waals surface area (Å²) in [6.45, 7) is 16.5. The number of hydrogen-bond acceptors (Lipinski definition) is 16. The molecule has 0 aliphatic heterocycles. The van der Waals surface area contributed by atoms with Crippen LogP contribution in [0.15, 0.2) is 24.3 Å². The number of esters is 5. The molecule has 0 heterocycles. The second-order valence-electron chi connectivity index (χ2n) is 23.6. The van der Waals surface area contributed by atoms with Crippen molar-refractivity contribution in [3.05, 3.63) is 24.3 Å². The summed E-state index contributed by atoms with van der Waals surface area (Å²) in [5, 5.41) is 0. The van der Waals surface area contributed by atoms with E-state index in [0.29, 0.717) is 77.9 Å². The number of ether oxygens (including phenoxy) is 9. The SMILES string of the molecule is CC/C=C\CCCCOC(CCC(=O)OCC(COC(=O)CCCCCCOC(=O)C(CCCC)CCCCCC)(COC(=O)CCCCCCOC(=O)C(CCCC)CCCCCC)COC(=O)OCCCN(C)CC)OCCCC/C=C\CC. The van der Waals surface area contributed by atoms with E-state index in [1.165, 1.54) is 12.8 Å². The van der Waals surface area contributed by atoms with Gasteiger partial charge in [-0.3, -0.25) is 24.0 Å². The molecule has 0 N–H and O–H groups in total. The molecule has 16 heteroatoms. The first-order chi connectivity index (χ1) is 41.8. The van der Waals surface area contributed by atoms with Crippen LogP contribution in [0.3, 0.4) is 0 Å². The fourth-order valence-electron chi connectivity index (χ4n) is 9.57. The zero-order valence-corrected chi connectivity index (χ0v) is 56.1. The van der Waals surface area contributed by atoms with Crippen LogP contribution in [-0.4, -0.2) is 127 Å². The van der Waals surface area contributed by atoms with Crippen LogP contribution >= 0.6 is 0 Å². The van der Waals surface area contributed by atoms with Gasteiger partial charge in [0, 0.05) is 39.0 Å². The van der Waals surface area contributed by atoms with E-state index in [4.69, 9.17) is 42.6 Å². The molecule has 0 aromatic rings. The van der Waals surface area contributed by atoms with Crippen LogP contribution in [0.1, 0.15) is 286 Å². The molecule has 0 aliphatic carbocycles. The van der Waals surface area contributed by atoms with E-state index in [9.17, 15) is 28.8 Å². The monoisotopic (exact) mass is 1220 g/mol. The van der Waals surface area contributed by atoms with Crippen molar-refractivity contribution >= 4 is 36.0 Å². The second kappa shape index (κ2) is 59.9. The van der Waals surface area contributed by atoms with Crippen molar-refractivity contribution < 1.29 is 71.4 Å². The van der Waals surface area contributed by atoms with Crippen LogP contribution < -0.4 is 0 Å². The Kier molecular flexibility index (Phi) is 57.1. The quantitative estimate of drug-likeness (QED) is 0.0184. The van der Waals surface area contributed by atoms with Gasteiger partial charge in [-0.2, -0.15) is 0 Å². The van der Waals surface area contributed by atoms with Crippen molar-refractivity contribution in [2.24, 2.45) is 17.3 Å². The van der Waals surface area contributed by atoms with Gasteiger partial charge in [-0.1, -0.05) is 176 Å². The van der Waals surface area contributed by atoms with Gasteiger partial charge in [0.2, 0.25) is 0 Å². The predicted molar refractivity (Wildman–Crippen MR) is 344 cm³/mol. The molecular formula is C70H127NO15. The van der Waals surface area contributed by atoms with Crippen molar-refractivity contribution in [1.82, 2.24) is 4.90 Å². The number of carbonyl (C=O) groups excluding carboxylic acids is 6. The minimum atomic E-state index is -1.49. The molecule has 0 rings (SSSR count). The van der Waals surface area contributed by atoms with E-state index in [-0.39, 0.29) is 69.3 Å².